The van der Waals surface area contributed by atoms with Crippen molar-refractivity contribution in [2.75, 3.05) is 6.61 Å². The summed E-state index contributed by atoms with van der Waals surface area (Å²) in [5.41, 5.74) is 7.15. The summed E-state index contributed by atoms with van der Waals surface area (Å²) in [6.07, 6.45) is 1.42. The van der Waals surface area contributed by atoms with E-state index in [0.29, 0.717) is 10.8 Å². The quantitative estimate of drug-likeness (QED) is 0.385. The van der Waals surface area contributed by atoms with Gasteiger partial charge in [-0.1, -0.05) is 78.3 Å². The van der Waals surface area contributed by atoms with Gasteiger partial charge in [0, 0.05) is 22.8 Å². The smallest absolute Gasteiger partial charge is 0.276 e. The molecule has 1 aromatic heterocycles. The van der Waals surface area contributed by atoms with Crippen LogP contribution in [0, 0.1) is 0 Å². The Morgan fingerprint density at radius 2 is 1.54 bits per heavy atom. The Morgan fingerprint density at radius 1 is 0.829 bits per heavy atom. The van der Waals surface area contributed by atoms with Gasteiger partial charge in [-0.2, -0.15) is 0 Å². The largest absolute Gasteiger partial charge is 0.483 e. The number of hydrazine groups is 1. The molecule has 0 aliphatic carbocycles. The number of carbonyl (C=O) groups is 2. The summed E-state index contributed by atoms with van der Waals surface area (Å²) in [5.74, 6) is -0.562. The minimum atomic E-state index is -0.573. The zero-order valence-corrected chi connectivity index (χ0v) is 19.4. The number of nitrogens with zero attached hydrogens (tertiary/aromatic N) is 1. The number of amides is 2. The highest BCUT2D eigenvalue weighted by molar-refractivity contribution is 6.31. The number of para-hydroxylation sites is 1. The molecule has 0 saturated heterocycles. The fourth-order valence-corrected chi connectivity index (χ4v) is 3.62. The molecular formula is C27H22ClN3O4. The first-order valence-electron chi connectivity index (χ1n) is 10.8. The van der Waals surface area contributed by atoms with E-state index < -0.39 is 11.8 Å². The third kappa shape index (κ3) is 6.16. The Morgan fingerprint density at radius 3 is 2.34 bits per heavy atom. The standard InChI is InChI=1S/C27H22ClN3O4/c28-23-12-6-4-10-20(23)16-31-17-21(14-15-26(31)33)27(34)30-29-25(32)18-35-24-13-7-5-11-22(24)19-8-2-1-3-9-19/h1-15,17H,16,18H2,(H,29,32)(H,30,34). The molecule has 0 fully saturated rings. The van der Waals surface area contributed by atoms with Crippen molar-refractivity contribution in [3.63, 3.8) is 0 Å². The highest BCUT2D eigenvalue weighted by Crippen LogP contribution is 2.29. The maximum atomic E-state index is 12.5. The lowest BCUT2D eigenvalue weighted by Gasteiger charge is -2.13. The first-order valence-corrected chi connectivity index (χ1v) is 11.2. The van der Waals surface area contributed by atoms with Gasteiger partial charge in [0.25, 0.3) is 17.4 Å². The summed E-state index contributed by atoms with van der Waals surface area (Å²) < 4.78 is 7.06. The first-order chi connectivity index (χ1) is 17.0. The minimum absolute atomic E-state index is 0.201. The Labute approximate surface area is 206 Å². The van der Waals surface area contributed by atoms with Crippen LogP contribution in [-0.4, -0.2) is 23.0 Å². The van der Waals surface area contributed by atoms with E-state index in [1.165, 1.54) is 22.9 Å². The molecule has 0 aliphatic heterocycles. The van der Waals surface area contributed by atoms with Gasteiger partial charge >= 0.3 is 0 Å². The van der Waals surface area contributed by atoms with Crippen molar-refractivity contribution in [1.29, 1.82) is 0 Å². The molecule has 0 bridgehead atoms. The van der Waals surface area contributed by atoms with Crippen LogP contribution in [-0.2, 0) is 11.3 Å². The van der Waals surface area contributed by atoms with E-state index in [1.807, 2.05) is 54.6 Å². The van der Waals surface area contributed by atoms with E-state index in [9.17, 15) is 14.4 Å². The summed E-state index contributed by atoms with van der Waals surface area (Å²) in [4.78, 5) is 37.0. The van der Waals surface area contributed by atoms with E-state index in [2.05, 4.69) is 10.9 Å². The van der Waals surface area contributed by atoms with Gasteiger partial charge in [-0.25, -0.2) is 0 Å². The molecule has 176 valence electrons. The maximum Gasteiger partial charge on any atom is 0.276 e. The second kappa shape index (κ2) is 11.2. The van der Waals surface area contributed by atoms with Gasteiger partial charge in [-0.05, 0) is 29.3 Å². The lowest BCUT2D eigenvalue weighted by atomic mass is 10.1. The number of hydrogen-bond acceptors (Lipinski definition) is 4. The molecule has 0 atom stereocenters. The van der Waals surface area contributed by atoms with Gasteiger partial charge in [0.15, 0.2) is 6.61 Å². The van der Waals surface area contributed by atoms with Crippen molar-refractivity contribution in [2.45, 2.75) is 6.54 Å². The van der Waals surface area contributed by atoms with Gasteiger partial charge in [0.2, 0.25) is 0 Å². The molecule has 1 heterocycles. The molecule has 2 amide bonds. The summed E-state index contributed by atoms with van der Waals surface area (Å²) >= 11 is 6.18. The number of aromatic nitrogens is 1. The van der Waals surface area contributed by atoms with E-state index in [4.69, 9.17) is 16.3 Å². The normalized spacial score (nSPS) is 10.4. The number of hydrogen-bond donors (Lipinski definition) is 2. The average Bonchev–Trinajstić information content (AvgIpc) is 2.89. The molecule has 0 aliphatic rings. The molecule has 4 aromatic rings. The minimum Gasteiger partial charge on any atom is -0.483 e. The van der Waals surface area contributed by atoms with Crippen LogP contribution in [0.3, 0.4) is 0 Å². The van der Waals surface area contributed by atoms with Crippen molar-refractivity contribution in [3.05, 3.63) is 124 Å². The number of ether oxygens (including phenoxy) is 1. The Kier molecular flexibility index (Phi) is 7.60. The van der Waals surface area contributed by atoms with Crippen LogP contribution in [0.2, 0.25) is 5.02 Å². The zero-order valence-electron chi connectivity index (χ0n) is 18.6. The summed E-state index contributed by atoms with van der Waals surface area (Å²) in [5, 5.41) is 0.523. The molecule has 8 heteroatoms. The van der Waals surface area contributed by atoms with E-state index in [0.717, 1.165) is 16.7 Å². The number of carbonyl (C=O) groups excluding carboxylic acids is 2. The topological polar surface area (TPSA) is 89.4 Å². The lowest BCUT2D eigenvalue weighted by molar-refractivity contribution is -0.123. The van der Waals surface area contributed by atoms with Gasteiger partial charge < -0.3 is 9.30 Å². The third-order valence-corrected chi connectivity index (χ3v) is 5.56. The molecule has 4 rings (SSSR count). The van der Waals surface area contributed by atoms with Crippen molar-refractivity contribution < 1.29 is 14.3 Å². The Balaban J connectivity index is 1.35. The van der Waals surface area contributed by atoms with Crippen LogP contribution in [0.1, 0.15) is 15.9 Å². The fraction of sp³-hybridized carbons (Fsp3) is 0.0741. The second-order valence-corrected chi connectivity index (χ2v) is 8.04. The number of benzene rings is 3. The van der Waals surface area contributed by atoms with Crippen molar-refractivity contribution in [2.24, 2.45) is 0 Å². The van der Waals surface area contributed by atoms with E-state index in [1.54, 1.807) is 24.3 Å². The van der Waals surface area contributed by atoms with Gasteiger partial charge in [0.1, 0.15) is 5.75 Å². The fourth-order valence-electron chi connectivity index (χ4n) is 3.43. The van der Waals surface area contributed by atoms with Gasteiger partial charge in [0.05, 0.1) is 12.1 Å². The van der Waals surface area contributed by atoms with Crippen molar-refractivity contribution >= 4 is 23.4 Å². The zero-order chi connectivity index (χ0) is 24.6. The molecule has 0 unspecified atom stereocenters. The molecule has 7 nitrogen and oxygen atoms in total. The van der Waals surface area contributed by atoms with Crippen LogP contribution >= 0.6 is 11.6 Å². The predicted octanol–water partition coefficient (Wildman–Crippen LogP) is 4.06. The lowest BCUT2D eigenvalue weighted by Crippen LogP contribution is -2.44. The van der Waals surface area contributed by atoms with Crippen LogP contribution in [0.25, 0.3) is 11.1 Å². The summed E-state index contributed by atoms with van der Waals surface area (Å²) in [7, 11) is 0. The van der Waals surface area contributed by atoms with Crippen molar-refractivity contribution in [1.82, 2.24) is 15.4 Å². The highest BCUT2D eigenvalue weighted by atomic mass is 35.5. The van der Waals surface area contributed by atoms with Crippen LogP contribution in [0.4, 0.5) is 0 Å². The van der Waals surface area contributed by atoms with Crippen LogP contribution in [0.15, 0.2) is 102 Å². The molecule has 2 N–H and O–H groups in total. The van der Waals surface area contributed by atoms with Crippen LogP contribution < -0.4 is 21.1 Å². The molecule has 0 saturated carbocycles. The molecular weight excluding hydrogens is 466 g/mol. The number of rotatable bonds is 7. The van der Waals surface area contributed by atoms with E-state index in [-0.39, 0.29) is 24.3 Å². The SMILES string of the molecule is O=C(COc1ccccc1-c1ccccc1)NNC(=O)c1ccc(=O)n(Cc2ccccc2Cl)c1. The van der Waals surface area contributed by atoms with Gasteiger partial charge in [-0.15, -0.1) is 0 Å². The second-order valence-electron chi connectivity index (χ2n) is 7.63. The summed E-state index contributed by atoms with van der Waals surface area (Å²) in [6, 6.07) is 26.9. The number of halogens is 1. The highest BCUT2D eigenvalue weighted by Gasteiger charge is 2.12. The summed E-state index contributed by atoms with van der Waals surface area (Å²) in [6.45, 7) is -0.0865. The number of pyridine rings is 1. The van der Waals surface area contributed by atoms with Crippen LogP contribution in [0.5, 0.6) is 5.75 Å². The predicted molar refractivity (Wildman–Crippen MR) is 134 cm³/mol. The number of nitrogens with one attached hydrogen (secondary N) is 2. The average molecular weight is 488 g/mol. The Bertz CT molecular complexity index is 1400. The maximum absolute atomic E-state index is 12.5. The molecule has 0 radical (unpaired) electrons. The van der Waals surface area contributed by atoms with E-state index >= 15 is 0 Å². The third-order valence-electron chi connectivity index (χ3n) is 5.19. The first kappa shape index (κ1) is 23.8. The monoisotopic (exact) mass is 487 g/mol. The Hall–Kier alpha value is -4.36. The molecule has 35 heavy (non-hydrogen) atoms. The molecule has 3 aromatic carbocycles. The molecule has 0 spiro atoms. The van der Waals surface area contributed by atoms with Crippen molar-refractivity contribution in [3.8, 4) is 16.9 Å². The van der Waals surface area contributed by atoms with Gasteiger partial charge in [-0.3, -0.25) is 25.2 Å².